The molecule has 6 nitrogen and oxygen atoms in total. The number of anilines is 1. The number of rotatable bonds is 6. The summed E-state index contributed by atoms with van der Waals surface area (Å²) in [6.07, 6.45) is 3.59. The van der Waals surface area contributed by atoms with E-state index in [9.17, 15) is 0 Å². The van der Waals surface area contributed by atoms with Gasteiger partial charge >= 0.3 is 0 Å². The molecule has 2 atom stereocenters. The number of aryl methyl sites for hydroxylation is 2. The van der Waals surface area contributed by atoms with Crippen molar-refractivity contribution in [1.29, 1.82) is 0 Å². The van der Waals surface area contributed by atoms with Gasteiger partial charge < -0.3 is 14.8 Å². The summed E-state index contributed by atoms with van der Waals surface area (Å²) in [7, 11) is 0. The molecule has 1 N–H and O–H groups in total. The molecule has 2 aliphatic rings. The molecule has 0 spiro atoms. The van der Waals surface area contributed by atoms with Crippen LogP contribution in [0.5, 0.6) is 0 Å². The number of ether oxygens (including phenoxy) is 2. The van der Waals surface area contributed by atoms with Crippen molar-refractivity contribution in [1.82, 2.24) is 14.9 Å². The van der Waals surface area contributed by atoms with E-state index in [2.05, 4.69) is 31.0 Å². The molecular weight excluding hydrogens is 360 g/mol. The van der Waals surface area contributed by atoms with Crippen LogP contribution in [0.4, 0.5) is 5.82 Å². The van der Waals surface area contributed by atoms with E-state index in [4.69, 9.17) is 19.4 Å². The van der Waals surface area contributed by atoms with Gasteiger partial charge in [-0.05, 0) is 38.7 Å². The lowest BCUT2D eigenvalue weighted by Gasteiger charge is -2.27. The molecule has 4 rings (SSSR count). The Morgan fingerprint density at radius 1 is 1.22 bits per heavy atom. The highest BCUT2D eigenvalue weighted by atomic mass is 32.1. The van der Waals surface area contributed by atoms with Crippen molar-refractivity contribution in [3.63, 3.8) is 0 Å². The van der Waals surface area contributed by atoms with Crippen LogP contribution in [0.3, 0.4) is 0 Å². The Labute approximate surface area is 165 Å². The summed E-state index contributed by atoms with van der Waals surface area (Å²) in [6, 6.07) is 0.293. The zero-order chi connectivity index (χ0) is 18.8. The number of nitrogens with zero attached hydrogens (tertiary/aromatic N) is 3. The molecule has 148 valence electrons. The fourth-order valence-electron chi connectivity index (χ4n) is 3.98. The molecular formula is C20H30N4O2S. The van der Waals surface area contributed by atoms with E-state index < -0.39 is 0 Å². The van der Waals surface area contributed by atoms with E-state index in [1.54, 1.807) is 11.3 Å². The SMILES string of the molecule is CCC(Nc1nc(CN2CCOCC2)nc2sc(C)c(C)c12)C1CCCO1. The minimum Gasteiger partial charge on any atom is -0.379 e. The molecule has 2 unspecified atom stereocenters. The standard InChI is InChI=1S/C20H30N4O2S/c1-4-15(16-6-5-9-26-16)21-19-18-13(2)14(3)27-20(18)23-17(22-19)12-24-7-10-25-11-8-24/h15-16H,4-12H2,1-3H3,(H,21,22,23). The molecule has 4 heterocycles. The Balaban J connectivity index is 1.65. The Kier molecular flexibility index (Phi) is 5.92. The van der Waals surface area contributed by atoms with Crippen LogP contribution in [0.1, 0.15) is 42.5 Å². The quantitative estimate of drug-likeness (QED) is 0.815. The van der Waals surface area contributed by atoms with Gasteiger partial charge in [-0.3, -0.25) is 4.90 Å². The first-order valence-corrected chi connectivity index (χ1v) is 10.9. The highest BCUT2D eigenvalue weighted by molar-refractivity contribution is 7.18. The minimum atomic E-state index is 0.280. The van der Waals surface area contributed by atoms with Crippen molar-refractivity contribution in [3.05, 3.63) is 16.3 Å². The molecule has 7 heteroatoms. The first kappa shape index (κ1) is 19.1. The third-order valence-corrected chi connectivity index (χ3v) is 6.82. The molecule has 2 fully saturated rings. The Morgan fingerprint density at radius 3 is 2.74 bits per heavy atom. The average molecular weight is 391 g/mol. The van der Waals surface area contributed by atoms with Crippen LogP contribution < -0.4 is 5.32 Å². The number of hydrogen-bond donors (Lipinski definition) is 1. The van der Waals surface area contributed by atoms with Gasteiger partial charge in [0.2, 0.25) is 0 Å². The Hall–Kier alpha value is -1.28. The average Bonchev–Trinajstić information content (AvgIpc) is 3.29. The van der Waals surface area contributed by atoms with E-state index in [-0.39, 0.29) is 6.10 Å². The molecule has 27 heavy (non-hydrogen) atoms. The van der Waals surface area contributed by atoms with Gasteiger partial charge in [-0.1, -0.05) is 6.92 Å². The molecule has 2 saturated heterocycles. The smallest absolute Gasteiger partial charge is 0.146 e. The maximum absolute atomic E-state index is 5.95. The Bertz CT molecular complexity index is 782. The van der Waals surface area contributed by atoms with Gasteiger partial charge in [0.1, 0.15) is 16.5 Å². The molecule has 2 aromatic heterocycles. The van der Waals surface area contributed by atoms with E-state index in [0.29, 0.717) is 6.04 Å². The number of fused-ring (bicyclic) bond motifs is 1. The Morgan fingerprint density at radius 2 is 2.04 bits per heavy atom. The van der Waals surface area contributed by atoms with Crippen molar-refractivity contribution >= 4 is 27.4 Å². The summed E-state index contributed by atoms with van der Waals surface area (Å²) in [6.45, 7) is 11.7. The van der Waals surface area contributed by atoms with Crippen molar-refractivity contribution < 1.29 is 9.47 Å². The molecule has 0 aromatic carbocycles. The fourth-order valence-corrected chi connectivity index (χ4v) is 5.03. The number of hydrogen-bond acceptors (Lipinski definition) is 7. The lowest BCUT2D eigenvalue weighted by atomic mass is 10.1. The van der Waals surface area contributed by atoms with Gasteiger partial charge in [-0.2, -0.15) is 0 Å². The number of aromatic nitrogens is 2. The summed E-state index contributed by atoms with van der Waals surface area (Å²) in [4.78, 5) is 14.7. The number of nitrogens with one attached hydrogen (secondary N) is 1. The van der Waals surface area contributed by atoms with Crippen LogP contribution in [0.15, 0.2) is 0 Å². The molecule has 0 radical (unpaired) electrons. The van der Waals surface area contributed by atoms with Gasteiger partial charge in [0.05, 0.1) is 37.3 Å². The summed E-state index contributed by atoms with van der Waals surface area (Å²) >= 11 is 1.77. The first-order valence-electron chi connectivity index (χ1n) is 10.1. The van der Waals surface area contributed by atoms with Crippen LogP contribution >= 0.6 is 11.3 Å². The third-order valence-electron chi connectivity index (χ3n) is 5.72. The summed E-state index contributed by atoms with van der Waals surface area (Å²) in [5, 5.41) is 4.91. The van der Waals surface area contributed by atoms with Crippen LogP contribution in [-0.4, -0.2) is 59.9 Å². The molecule has 2 aliphatic heterocycles. The number of thiophene rings is 1. The third kappa shape index (κ3) is 4.11. The van der Waals surface area contributed by atoms with Gasteiger partial charge in [-0.15, -0.1) is 11.3 Å². The zero-order valence-corrected chi connectivity index (χ0v) is 17.4. The van der Waals surface area contributed by atoms with Gasteiger partial charge in [0.25, 0.3) is 0 Å². The molecule has 0 saturated carbocycles. The monoisotopic (exact) mass is 390 g/mol. The zero-order valence-electron chi connectivity index (χ0n) is 16.6. The van der Waals surface area contributed by atoms with Crippen molar-refractivity contribution in [2.45, 2.75) is 58.7 Å². The highest BCUT2D eigenvalue weighted by Gasteiger charge is 2.26. The predicted octanol–water partition coefficient (Wildman–Crippen LogP) is 3.51. The van der Waals surface area contributed by atoms with E-state index in [0.717, 1.165) is 75.2 Å². The largest absolute Gasteiger partial charge is 0.379 e. The van der Waals surface area contributed by atoms with E-state index >= 15 is 0 Å². The molecule has 0 aliphatic carbocycles. The second-order valence-electron chi connectivity index (χ2n) is 7.55. The maximum atomic E-state index is 5.95. The van der Waals surface area contributed by atoms with Crippen LogP contribution in [0.25, 0.3) is 10.2 Å². The topological polar surface area (TPSA) is 59.5 Å². The van der Waals surface area contributed by atoms with E-state index in [1.165, 1.54) is 15.8 Å². The van der Waals surface area contributed by atoms with Crippen molar-refractivity contribution in [3.8, 4) is 0 Å². The lowest BCUT2D eigenvalue weighted by Crippen LogP contribution is -2.36. The van der Waals surface area contributed by atoms with Crippen LogP contribution in [-0.2, 0) is 16.0 Å². The van der Waals surface area contributed by atoms with Gasteiger partial charge in [0, 0.05) is 24.6 Å². The minimum absolute atomic E-state index is 0.280. The van der Waals surface area contributed by atoms with Crippen molar-refractivity contribution in [2.75, 3.05) is 38.2 Å². The van der Waals surface area contributed by atoms with Gasteiger partial charge in [-0.25, -0.2) is 9.97 Å². The van der Waals surface area contributed by atoms with Gasteiger partial charge in [0.15, 0.2) is 0 Å². The first-order chi connectivity index (χ1) is 13.2. The summed E-state index contributed by atoms with van der Waals surface area (Å²) in [5.41, 5.74) is 1.29. The van der Waals surface area contributed by atoms with Crippen LogP contribution in [0, 0.1) is 13.8 Å². The molecule has 0 amide bonds. The van der Waals surface area contributed by atoms with Crippen molar-refractivity contribution in [2.24, 2.45) is 0 Å². The second-order valence-corrected chi connectivity index (χ2v) is 8.75. The predicted molar refractivity (Wildman–Crippen MR) is 110 cm³/mol. The maximum Gasteiger partial charge on any atom is 0.146 e. The normalized spacial score (nSPS) is 22.4. The number of morpholine rings is 1. The highest BCUT2D eigenvalue weighted by Crippen LogP contribution is 2.34. The summed E-state index contributed by atoms with van der Waals surface area (Å²) in [5.74, 6) is 1.88. The lowest BCUT2D eigenvalue weighted by molar-refractivity contribution is 0.0331. The fraction of sp³-hybridized carbons (Fsp3) is 0.700. The molecule has 0 bridgehead atoms. The summed E-state index contributed by atoms with van der Waals surface area (Å²) < 4.78 is 11.4. The van der Waals surface area contributed by atoms with Crippen LogP contribution in [0.2, 0.25) is 0 Å². The second kappa shape index (κ2) is 8.39. The molecule has 2 aromatic rings. The van der Waals surface area contributed by atoms with E-state index in [1.807, 2.05) is 0 Å².